The number of hydrogen-bond donors (Lipinski definition) is 3. The number of nitrogens with one attached hydrogen (secondary N) is 2. The maximum Gasteiger partial charge on any atom is 0.226 e. The number of phenols is 1. The van der Waals surface area contributed by atoms with E-state index in [0.717, 1.165) is 5.56 Å². The highest BCUT2D eigenvalue weighted by molar-refractivity contribution is 5.81. The van der Waals surface area contributed by atoms with Crippen LogP contribution in [0, 0.1) is 5.41 Å². The van der Waals surface area contributed by atoms with Gasteiger partial charge in [0.2, 0.25) is 5.91 Å². The van der Waals surface area contributed by atoms with E-state index in [1.807, 2.05) is 19.9 Å². The summed E-state index contributed by atoms with van der Waals surface area (Å²) in [5.74, 6) is 0.274. The van der Waals surface area contributed by atoms with Crippen LogP contribution in [0.3, 0.4) is 0 Å². The lowest BCUT2D eigenvalue weighted by Crippen LogP contribution is -2.41. The Bertz CT molecular complexity index is 389. The molecule has 94 valence electrons. The van der Waals surface area contributed by atoms with E-state index < -0.39 is 5.41 Å². The number of phenolic OH excluding ortho intramolecular Hbond substituents is 1. The van der Waals surface area contributed by atoms with Gasteiger partial charge in [-0.3, -0.25) is 4.79 Å². The van der Waals surface area contributed by atoms with Crippen molar-refractivity contribution in [3.8, 4) is 5.75 Å². The third-order valence-electron chi connectivity index (χ3n) is 2.65. The van der Waals surface area contributed by atoms with Gasteiger partial charge in [-0.25, -0.2) is 0 Å². The summed E-state index contributed by atoms with van der Waals surface area (Å²) in [4.78, 5) is 11.5. The van der Waals surface area contributed by atoms with Crippen LogP contribution in [0.2, 0.25) is 0 Å². The second-order valence-electron chi connectivity index (χ2n) is 4.74. The van der Waals surface area contributed by atoms with Crippen molar-refractivity contribution < 1.29 is 9.90 Å². The van der Waals surface area contributed by atoms with Gasteiger partial charge in [0.15, 0.2) is 0 Å². The molecule has 0 aliphatic rings. The first-order valence-electron chi connectivity index (χ1n) is 5.66. The summed E-state index contributed by atoms with van der Waals surface area (Å²) >= 11 is 0. The third kappa shape index (κ3) is 4.07. The fraction of sp³-hybridized carbons (Fsp3) is 0.462. The average molecular weight is 236 g/mol. The minimum Gasteiger partial charge on any atom is -0.508 e. The Morgan fingerprint density at radius 1 is 1.41 bits per heavy atom. The Morgan fingerprint density at radius 2 is 2.12 bits per heavy atom. The molecule has 0 aliphatic carbocycles. The minimum atomic E-state index is -0.439. The van der Waals surface area contributed by atoms with Crippen molar-refractivity contribution in [1.82, 2.24) is 10.6 Å². The first-order chi connectivity index (χ1) is 7.95. The maximum absolute atomic E-state index is 11.5. The van der Waals surface area contributed by atoms with Crippen LogP contribution in [-0.4, -0.2) is 24.6 Å². The lowest BCUT2D eigenvalue weighted by atomic mass is 9.92. The Morgan fingerprint density at radius 3 is 2.71 bits per heavy atom. The van der Waals surface area contributed by atoms with E-state index in [-0.39, 0.29) is 11.7 Å². The van der Waals surface area contributed by atoms with Gasteiger partial charge in [0.1, 0.15) is 5.75 Å². The third-order valence-corrected chi connectivity index (χ3v) is 2.65. The molecule has 0 aromatic heterocycles. The summed E-state index contributed by atoms with van der Waals surface area (Å²) < 4.78 is 0. The molecule has 0 bridgehead atoms. The number of carbonyl (C=O) groups excluding carboxylic acids is 1. The largest absolute Gasteiger partial charge is 0.508 e. The molecule has 0 unspecified atom stereocenters. The summed E-state index contributed by atoms with van der Waals surface area (Å²) in [6, 6.07) is 7.08. The van der Waals surface area contributed by atoms with Crippen molar-refractivity contribution in [3.63, 3.8) is 0 Å². The normalized spacial score (nSPS) is 11.2. The summed E-state index contributed by atoms with van der Waals surface area (Å²) in [5, 5.41) is 15.2. The van der Waals surface area contributed by atoms with Gasteiger partial charge in [-0.2, -0.15) is 0 Å². The van der Waals surface area contributed by atoms with Gasteiger partial charge in [-0.1, -0.05) is 12.1 Å². The molecule has 1 aromatic rings. The molecule has 0 saturated carbocycles. The molecule has 17 heavy (non-hydrogen) atoms. The molecule has 0 spiro atoms. The molecular weight excluding hydrogens is 216 g/mol. The maximum atomic E-state index is 11.5. The Kier molecular flexibility index (Phi) is 4.52. The van der Waals surface area contributed by atoms with E-state index in [1.54, 1.807) is 25.2 Å². The quantitative estimate of drug-likeness (QED) is 0.721. The van der Waals surface area contributed by atoms with Crippen molar-refractivity contribution in [1.29, 1.82) is 0 Å². The monoisotopic (exact) mass is 236 g/mol. The fourth-order valence-electron chi connectivity index (χ4n) is 1.60. The second kappa shape index (κ2) is 5.68. The van der Waals surface area contributed by atoms with Crippen LogP contribution < -0.4 is 10.6 Å². The molecule has 1 rings (SSSR count). The van der Waals surface area contributed by atoms with Crippen LogP contribution in [0.25, 0.3) is 0 Å². The minimum absolute atomic E-state index is 0.0147. The summed E-state index contributed by atoms with van der Waals surface area (Å²) in [5.41, 5.74) is 0.559. The molecular formula is C13H20N2O2. The Hall–Kier alpha value is -1.55. The zero-order valence-electron chi connectivity index (χ0n) is 10.6. The van der Waals surface area contributed by atoms with Crippen LogP contribution in [0.1, 0.15) is 19.4 Å². The van der Waals surface area contributed by atoms with Crippen LogP contribution >= 0.6 is 0 Å². The van der Waals surface area contributed by atoms with E-state index in [1.165, 1.54) is 0 Å². The van der Waals surface area contributed by atoms with Crippen LogP contribution in [0.15, 0.2) is 24.3 Å². The van der Waals surface area contributed by atoms with Crippen LogP contribution in [0.4, 0.5) is 0 Å². The molecule has 0 fully saturated rings. The highest BCUT2D eigenvalue weighted by Crippen LogP contribution is 2.14. The molecule has 1 amide bonds. The number of aromatic hydroxyl groups is 1. The molecule has 4 nitrogen and oxygen atoms in total. The van der Waals surface area contributed by atoms with Crippen LogP contribution in [0.5, 0.6) is 5.75 Å². The van der Waals surface area contributed by atoms with Crippen molar-refractivity contribution >= 4 is 5.91 Å². The number of amides is 1. The van der Waals surface area contributed by atoms with Crippen molar-refractivity contribution in [2.75, 3.05) is 13.6 Å². The van der Waals surface area contributed by atoms with Gasteiger partial charge in [0.25, 0.3) is 0 Å². The lowest BCUT2D eigenvalue weighted by molar-refractivity contribution is -0.128. The zero-order valence-corrected chi connectivity index (χ0v) is 10.6. The van der Waals surface area contributed by atoms with E-state index in [2.05, 4.69) is 10.6 Å². The zero-order chi connectivity index (χ0) is 12.9. The van der Waals surface area contributed by atoms with Gasteiger partial charge in [-0.05, 0) is 31.5 Å². The Balaban J connectivity index is 2.45. The molecule has 0 aliphatic heterocycles. The van der Waals surface area contributed by atoms with Gasteiger partial charge in [0.05, 0.1) is 5.41 Å². The summed E-state index contributed by atoms with van der Waals surface area (Å²) in [6.07, 6.45) is 0. The fourth-order valence-corrected chi connectivity index (χ4v) is 1.60. The topological polar surface area (TPSA) is 61.4 Å². The van der Waals surface area contributed by atoms with E-state index >= 15 is 0 Å². The summed E-state index contributed by atoms with van der Waals surface area (Å²) in [7, 11) is 1.64. The first-order valence-corrected chi connectivity index (χ1v) is 5.66. The number of carbonyl (C=O) groups is 1. The standard InChI is InChI=1S/C13H20N2O2/c1-13(2,12(17)14-3)9-15-8-10-5-4-6-11(16)7-10/h4-7,15-16H,8-9H2,1-3H3,(H,14,17). The van der Waals surface area contributed by atoms with E-state index in [9.17, 15) is 9.90 Å². The highest BCUT2D eigenvalue weighted by atomic mass is 16.3. The van der Waals surface area contributed by atoms with Crippen molar-refractivity contribution in [2.45, 2.75) is 20.4 Å². The predicted octanol–water partition coefficient (Wildman–Crippen LogP) is 1.25. The number of hydrogen-bond acceptors (Lipinski definition) is 3. The Labute approximate surface area is 102 Å². The number of rotatable bonds is 5. The predicted molar refractivity (Wildman–Crippen MR) is 67.7 cm³/mol. The SMILES string of the molecule is CNC(=O)C(C)(C)CNCc1cccc(O)c1. The molecule has 3 N–H and O–H groups in total. The van der Waals surface area contributed by atoms with Crippen LogP contribution in [-0.2, 0) is 11.3 Å². The molecule has 0 heterocycles. The lowest BCUT2D eigenvalue weighted by Gasteiger charge is -2.22. The molecule has 4 heteroatoms. The van der Waals surface area contributed by atoms with E-state index in [4.69, 9.17) is 0 Å². The molecule has 0 radical (unpaired) electrons. The first kappa shape index (κ1) is 13.5. The highest BCUT2D eigenvalue weighted by Gasteiger charge is 2.25. The smallest absolute Gasteiger partial charge is 0.226 e. The van der Waals surface area contributed by atoms with E-state index in [0.29, 0.717) is 13.1 Å². The molecule has 0 saturated heterocycles. The second-order valence-corrected chi connectivity index (χ2v) is 4.74. The van der Waals surface area contributed by atoms with Gasteiger partial charge in [0, 0.05) is 20.1 Å². The average Bonchev–Trinajstić information content (AvgIpc) is 2.27. The van der Waals surface area contributed by atoms with Gasteiger partial charge >= 0.3 is 0 Å². The summed E-state index contributed by atoms with van der Waals surface area (Å²) in [6.45, 7) is 5.00. The van der Waals surface area contributed by atoms with Crippen molar-refractivity contribution in [2.24, 2.45) is 5.41 Å². The molecule has 1 aromatic carbocycles. The number of benzene rings is 1. The molecule has 0 atom stereocenters. The van der Waals surface area contributed by atoms with Gasteiger partial charge < -0.3 is 15.7 Å². The van der Waals surface area contributed by atoms with Gasteiger partial charge in [-0.15, -0.1) is 0 Å². The van der Waals surface area contributed by atoms with Crippen molar-refractivity contribution in [3.05, 3.63) is 29.8 Å².